The Morgan fingerprint density at radius 1 is 1.43 bits per heavy atom. The molecule has 1 aliphatic heterocycles. The molecule has 0 bridgehead atoms. The maximum absolute atomic E-state index is 5.39. The number of ether oxygens (including phenoxy) is 1. The minimum atomic E-state index is 0.769. The van der Waals surface area contributed by atoms with Gasteiger partial charge in [-0.1, -0.05) is 0 Å². The summed E-state index contributed by atoms with van der Waals surface area (Å²) in [6.45, 7) is 8.50. The second kappa shape index (κ2) is 5.10. The molecule has 1 aliphatic carbocycles. The van der Waals surface area contributed by atoms with Crippen LogP contribution in [0, 0.1) is 5.92 Å². The van der Waals surface area contributed by atoms with Crippen molar-refractivity contribution in [2.24, 2.45) is 5.92 Å². The largest absolute Gasteiger partial charge is 0.380 e. The van der Waals surface area contributed by atoms with Crippen LogP contribution in [0.5, 0.6) is 0 Å². The van der Waals surface area contributed by atoms with E-state index in [4.69, 9.17) is 4.74 Å². The molecule has 0 amide bonds. The fraction of sp³-hybridized carbons (Fsp3) is 1.00. The number of nitrogens with one attached hydrogen (secondary N) is 1. The molecule has 82 valence electrons. The SMILES string of the molecule is CCOCCN1CCNC(C2CC2)C1. The molecule has 0 aromatic carbocycles. The third-order valence-corrected chi connectivity index (χ3v) is 3.24. The lowest BCUT2D eigenvalue weighted by molar-refractivity contribution is 0.0971. The molecule has 1 saturated carbocycles. The predicted molar refractivity (Wildman–Crippen MR) is 57.4 cm³/mol. The van der Waals surface area contributed by atoms with Gasteiger partial charge in [-0.25, -0.2) is 0 Å². The van der Waals surface area contributed by atoms with Crippen molar-refractivity contribution in [1.82, 2.24) is 10.2 Å². The number of nitrogens with zero attached hydrogens (tertiary/aromatic N) is 1. The fourth-order valence-electron chi connectivity index (χ4n) is 2.20. The Hall–Kier alpha value is -0.120. The Bertz CT molecular complexity index is 171. The van der Waals surface area contributed by atoms with Crippen LogP contribution in [0.4, 0.5) is 0 Å². The molecule has 3 nitrogen and oxygen atoms in total. The highest BCUT2D eigenvalue weighted by Crippen LogP contribution is 2.33. The second-order valence-corrected chi connectivity index (χ2v) is 4.40. The minimum absolute atomic E-state index is 0.769. The van der Waals surface area contributed by atoms with Crippen LogP contribution >= 0.6 is 0 Å². The lowest BCUT2D eigenvalue weighted by atomic mass is 10.1. The Labute approximate surface area is 86.8 Å². The zero-order valence-corrected chi connectivity index (χ0v) is 9.17. The molecule has 2 fully saturated rings. The van der Waals surface area contributed by atoms with Crippen molar-refractivity contribution in [2.45, 2.75) is 25.8 Å². The van der Waals surface area contributed by atoms with Crippen LogP contribution in [0.1, 0.15) is 19.8 Å². The average Bonchev–Trinajstić information content (AvgIpc) is 3.02. The summed E-state index contributed by atoms with van der Waals surface area (Å²) in [7, 11) is 0. The first kappa shape index (κ1) is 10.4. The van der Waals surface area contributed by atoms with Crippen molar-refractivity contribution in [3.8, 4) is 0 Å². The number of rotatable bonds is 5. The van der Waals surface area contributed by atoms with E-state index in [0.29, 0.717) is 0 Å². The summed E-state index contributed by atoms with van der Waals surface area (Å²) >= 11 is 0. The van der Waals surface area contributed by atoms with Crippen LogP contribution in [-0.4, -0.2) is 50.3 Å². The molecule has 0 aromatic rings. The van der Waals surface area contributed by atoms with E-state index in [-0.39, 0.29) is 0 Å². The smallest absolute Gasteiger partial charge is 0.0593 e. The van der Waals surface area contributed by atoms with Crippen LogP contribution in [0.25, 0.3) is 0 Å². The van der Waals surface area contributed by atoms with E-state index in [1.54, 1.807) is 0 Å². The van der Waals surface area contributed by atoms with Crippen LogP contribution in [-0.2, 0) is 4.74 Å². The highest BCUT2D eigenvalue weighted by Gasteiger charge is 2.33. The molecular formula is C11H22N2O. The molecule has 1 unspecified atom stereocenters. The Morgan fingerprint density at radius 3 is 3.00 bits per heavy atom. The maximum Gasteiger partial charge on any atom is 0.0593 e. The second-order valence-electron chi connectivity index (χ2n) is 4.40. The van der Waals surface area contributed by atoms with Crippen LogP contribution in [0.15, 0.2) is 0 Å². The van der Waals surface area contributed by atoms with Crippen molar-refractivity contribution >= 4 is 0 Å². The van der Waals surface area contributed by atoms with Gasteiger partial charge in [-0.15, -0.1) is 0 Å². The van der Waals surface area contributed by atoms with Crippen molar-refractivity contribution in [2.75, 3.05) is 39.4 Å². The van der Waals surface area contributed by atoms with Gasteiger partial charge in [-0.3, -0.25) is 4.90 Å². The highest BCUT2D eigenvalue weighted by molar-refractivity contribution is 4.91. The summed E-state index contributed by atoms with van der Waals surface area (Å²) in [5, 5.41) is 3.62. The molecule has 1 heterocycles. The van der Waals surface area contributed by atoms with Gasteiger partial charge in [0.25, 0.3) is 0 Å². The molecule has 1 atom stereocenters. The van der Waals surface area contributed by atoms with E-state index in [2.05, 4.69) is 17.1 Å². The molecule has 2 rings (SSSR count). The molecule has 3 heteroatoms. The molecule has 0 aromatic heterocycles. The summed E-state index contributed by atoms with van der Waals surface area (Å²) < 4.78 is 5.39. The quantitative estimate of drug-likeness (QED) is 0.658. The Balaban J connectivity index is 1.65. The predicted octanol–water partition coefficient (Wildman–Crippen LogP) is 0.707. The van der Waals surface area contributed by atoms with Gasteiger partial charge in [0.05, 0.1) is 6.61 Å². The normalized spacial score (nSPS) is 29.4. The van der Waals surface area contributed by atoms with Crippen LogP contribution in [0.2, 0.25) is 0 Å². The standard InChI is InChI=1S/C11H22N2O/c1-2-14-8-7-13-6-5-12-11(9-13)10-3-4-10/h10-12H,2-9H2,1H3. The summed E-state index contributed by atoms with van der Waals surface area (Å²) in [4.78, 5) is 2.54. The van der Waals surface area contributed by atoms with E-state index < -0.39 is 0 Å². The van der Waals surface area contributed by atoms with Gasteiger partial charge in [0, 0.05) is 38.8 Å². The molecule has 2 aliphatic rings. The summed E-state index contributed by atoms with van der Waals surface area (Å²) in [5.41, 5.74) is 0. The molecule has 0 radical (unpaired) electrons. The zero-order valence-electron chi connectivity index (χ0n) is 9.17. The van der Waals surface area contributed by atoms with Gasteiger partial charge >= 0.3 is 0 Å². The lowest BCUT2D eigenvalue weighted by Crippen LogP contribution is -2.52. The van der Waals surface area contributed by atoms with Gasteiger partial charge < -0.3 is 10.1 Å². The van der Waals surface area contributed by atoms with Gasteiger partial charge in [0.2, 0.25) is 0 Å². The van der Waals surface area contributed by atoms with E-state index in [1.807, 2.05) is 0 Å². The average molecular weight is 198 g/mol. The van der Waals surface area contributed by atoms with Gasteiger partial charge in [-0.05, 0) is 25.7 Å². The maximum atomic E-state index is 5.39. The first-order chi connectivity index (χ1) is 6.90. The van der Waals surface area contributed by atoms with Crippen molar-refractivity contribution in [3.63, 3.8) is 0 Å². The van der Waals surface area contributed by atoms with Crippen molar-refractivity contribution in [1.29, 1.82) is 0 Å². The first-order valence-corrected chi connectivity index (χ1v) is 5.93. The third kappa shape index (κ3) is 2.94. The molecule has 1 saturated heterocycles. The van der Waals surface area contributed by atoms with Gasteiger partial charge in [0.15, 0.2) is 0 Å². The van der Waals surface area contributed by atoms with Gasteiger partial charge in [0.1, 0.15) is 0 Å². The Kier molecular flexibility index (Phi) is 3.79. The van der Waals surface area contributed by atoms with E-state index in [9.17, 15) is 0 Å². The van der Waals surface area contributed by atoms with E-state index in [0.717, 1.165) is 38.3 Å². The number of hydrogen-bond donors (Lipinski definition) is 1. The highest BCUT2D eigenvalue weighted by atomic mass is 16.5. The monoisotopic (exact) mass is 198 g/mol. The van der Waals surface area contributed by atoms with Gasteiger partial charge in [-0.2, -0.15) is 0 Å². The molecular weight excluding hydrogens is 176 g/mol. The fourth-order valence-corrected chi connectivity index (χ4v) is 2.20. The first-order valence-electron chi connectivity index (χ1n) is 5.93. The number of hydrogen-bond acceptors (Lipinski definition) is 3. The van der Waals surface area contributed by atoms with Crippen molar-refractivity contribution in [3.05, 3.63) is 0 Å². The molecule has 0 spiro atoms. The topological polar surface area (TPSA) is 24.5 Å². The summed E-state index contributed by atoms with van der Waals surface area (Å²) in [6, 6.07) is 0.769. The molecule has 14 heavy (non-hydrogen) atoms. The van der Waals surface area contributed by atoms with Crippen molar-refractivity contribution < 1.29 is 4.74 Å². The van der Waals surface area contributed by atoms with Crippen LogP contribution < -0.4 is 5.32 Å². The van der Waals surface area contributed by atoms with E-state index in [1.165, 1.54) is 25.9 Å². The molecule has 1 N–H and O–H groups in total. The van der Waals surface area contributed by atoms with Crippen LogP contribution in [0.3, 0.4) is 0 Å². The Morgan fingerprint density at radius 2 is 2.29 bits per heavy atom. The summed E-state index contributed by atoms with van der Waals surface area (Å²) in [6.07, 6.45) is 2.88. The number of piperazine rings is 1. The lowest BCUT2D eigenvalue weighted by Gasteiger charge is -2.33. The minimum Gasteiger partial charge on any atom is -0.380 e. The summed E-state index contributed by atoms with van der Waals surface area (Å²) in [5.74, 6) is 0.977. The third-order valence-electron chi connectivity index (χ3n) is 3.24. The van der Waals surface area contributed by atoms with E-state index >= 15 is 0 Å². The zero-order chi connectivity index (χ0) is 9.80.